The standard InChI is InChI=1S/C26H28N8O3/c1-26(16-8-3-2-4-9-16,24(36)29-17-10-5-6-11-18(35)14-17)34-23-19(15-28-34)22-30-21(20-12-7-13-37-20)32-33(22)25(27)31-23/h2-4,7-9,12-13,15,17-18,35H,5-6,10-11,14H2,1H3,(H2,27,31)(H,29,36). The molecule has 37 heavy (non-hydrogen) atoms. The van der Waals surface area contributed by atoms with E-state index in [1.54, 1.807) is 29.3 Å². The topological polar surface area (TPSA) is 149 Å². The van der Waals surface area contributed by atoms with Gasteiger partial charge in [0.1, 0.15) is 0 Å². The Labute approximate surface area is 212 Å². The average molecular weight is 501 g/mol. The van der Waals surface area contributed by atoms with Crippen LogP contribution in [0.25, 0.3) is 28.3 Å². The molecule has 1 aromatic carbocycles. The summed E-state index contributed by atoms with van der Waals surface area (Å²) < 4.78 is 8.49. The second kappa shape index (κ2) is 9.00. The van der Waals surface area contributed by atoms with Crippen LogP contribution >= 0.6 is 0 Å². The van der Waals surface area contributed by atoms with E-state index in [0.29, 0.717) is 34.7 Å². The van der Waals surface area contributed by atoms with Crippen LogP contribution < -0.4 is 11.1 Å². The third-order valence-electron chi connectivity index (χ3n) is 7.20. The first-order valence-electron chi connectivity index (χ1n) is 12.4. The second-order valence-electron chi connectivity index (χ2n) is 9.69. The van der Waals surface area contributed by atoms with E-state index in [1.165, 1.54) is 4.52 Å². The zero-order chi connectivity index (χ0) is 25.6. The fraction of sp³-hybridized carbons (Fsp3) is 0.346. The maximum Gasteiger partial charge on any atom is 0.252 e. The van der Waals surface area contributed by atoms with Crippen molar-refractivity contribution in [2.45, 2.75) is 56.7 Å². The maximum absolute atomic E-state index is 14.0. The quantitative estimate of drug-likeness (QED) is 0.312. The number of amides is 1. The van der Waals surface area contributed by atoms with Gasteiger partial charge in [0.25, 0.3) is 5.91 Å². The lowest BCUT2D eigenvalue weighted by Crippen LogP contribution is -2.51. The number of benzene rings is 1. The molecule has 0 radical (unpaired) electrons. The predicted octanol–water partition coefficient (Wildman–Crippen LogP) is 2.89. The minimum atomic E-state index is -1.25. The Bertz CT molecular complexity index is 1560. The molecule has 0 saturated heterocycles. The Hall–Kier alpha value is -4.25. The van der Waals surface area contributed by atoms with Crippen LogP contribution in [0.2, 0.25) is 0 Å². The van der Waals surface area contributed by atoms with E-state index in [-0.39, 0.29) is 17.9 Å². The number of fused-ring (bicyclic) bond motifs is 3. The van der Waals surface area contributed by atoms with E-state index in [1.807, 2.05) is 37.3 Å². The van der Waals surface area contributed by atoms with Gasteiger partial charge in [0, 0.05) is 6.04 Å². The molecule has 190 valence electrons. The van der Waals surface area contributed by atoms with Crippen molar-refractivity contribution in [1.29, 1.82) is 0 Å². The van der Waals surface area contributed by atoms with Gasteiger partial charge in [-0.1, -0.05) is 43.2 Å². The number of aliphatic hydroxyl groups is 1. The van der Waals surface area contributed by atoms with Gasteiger partial charge >= 0.3 is 0 Å². The highest BCUT2D eigenvalue weighted by Crippen LogP contribution is 2.32. The highest BCUT2D eigenvalue weighted by atomic mass is 16.3. The van der Waals surface area contributed by atoms with E-state index in [0.717, 1.165) is 31.2 Å². The normalized spacial score (nSPS) is 20.1. The molecule has 11 nitrogen and oxygen atoms in total. The molecule has 4 heterocycles. The molecule has 1 saturated carbocycles. The molecular formula is C26H28N8O3. The molecule has 0 spiro atoms. The molecular weight excluding hydrogens is 472 g/mol. The van der Waals surface area contributed by atoms with E-state index < -0.39 is 11.6 Å². The minimum absolute atomic E-state index is 0.109. The van der Waals surface area contributed by atoms with Crippen LogP contribution in [-0.2, 0) is 10.3 Å². The summed E-state index contributed by atoms with van der Waals surface area (Å²) in [5.74, 6) is 0.745. The summed E-state index contributed by atoms with van der Waals surface area (Å²) in [5.41, 5.74) is 6.67. The van der Waals surface area contributed by atoms with E-state index in [9.17, 15) is 9.90 Å². The summed E-state index contributed by atoms with van der Waals surface area (Å²) in [4.78, 5) is 23.3. The predicted molar refractivity (Wildman–Crippen MR) is 136 cm³/mol. The summed E-state index contributed by atoms with van der Waals surface area (Å²) in [6.45, 7) is 1.82. The number of aliphatic hydroxyl groups excluding tert-OH is 1. The number of rotatable bonds is 5. The number of nitrogens with zero attached hydrogens (tertiary/aromatic N) is 6. The Kier molecular flexibility index (Phi) is 5.64. The SMILES string of the molecule is CC(C(=O)NC1CCCCC(O)C1)(c1ccccc1)n1ncc2c1nc(N)n1nc(-c3ccco3)nc21. The molecule has 0 bridgehead atoms. The van der Waals surface area contributed by atoms with Gasteiger partial charge in [-0.15, -0.1) is 5.10 Å². The van der Waals surface area contributed by atoms with Crippen molar-refractivity contribution in [3.8, 4) is 11.6 Å². The van der Waals surface area contributed by atoms with E-state index >= 15 is 0 Å². The van der Waals surface area contributed by atoms with Crippen LogP contribution in [0.15, 0.2) is 59.3 Å². The molecule has 4 N–H and O–H groups in total. The largest absolute Gasteiger partial charge is 0.461 e. The number of nitrogens with one attached hydrogen (secondary N) is 1. The summed E-state index contributed by atoms with van der Waals surface area (Å²) in [6, 6.07) is 12.8. The van der Waals surface area contributed by atoms with Crippen LogP contribution in [-0.4, -0.2) is 52.5 Å². The number of nitrogens with two attached hydrogens (primary N) is 1. The number of nitrogen functional groups attached to an aromatic ring is 1. The van der Waals surface area contributed by atoms with Crippen LogP contribution in [0, 0.1) is 0 Å². The van der Waals surface area contributed by atoms with Crippen LogP contribution in [0.5, 0.6) is 0 Å². The van der Waals surface area contributed by atoms with Crippen LogP contribution in [0.1, 0.15) is 44.6 Å². The smallest absolute Gasteiger partial charge is 0.252 e. The maximum atomic E-state index is 14.0. The monoisotopic (exact) mass is 500 g/mol. The number of carbonyl (C=O) groups excluding carboxylic acids is 1. The highest BCUT2D eigenvalue weighted by molar-refractivity contribution is 5.94. The van der Waals surface area contributed by atoms with Gasteiger partial charge < -0.3 is 20.6 Å². The number of carbonyl (C=O) groups is 1. The van der Waals surface area contributed by atoms with Crippen molar-refractivity contribution in [2.75, 3.05) is 5.73 Å². The molecule has 11 heteroatoms. The average Bonchev–Trinajstić information content (AvgIpc) is 3.63. The van der Waals surface area contributed by atoms with Crippen molar-refractivity contribution in [2.24, 2.45) is 0 Å². The fourth-order valence-corrected chi connectivity index (χ4v) is 5.15. The lowest BCUT2D eigenvalue weighted by atomic mass is 9.90. The van der Waals surface area contributed by atoms with Gasteiger partial charge in [-0.3, -0.25) is 4.79 Å². The van der Waals surface area contributed by atoms with Crippen molar-refractivity contribution in [1.82, 2.24) is 34.7 Å². The Morgan fingerprint density at radius 3 is 2.73 bits per heavy atom. The molecule has 1 aliphatic carbocycles. The van der Waals surface area contributed by atoms with Crippen molar-refractivity contribution in [3.05, 3.63) is 60.5 Å². The van der Waals surface area contributed by atoms with Gasteiger partial charge in [0.05, 0.1) is 24.0 Å². The number of furan rings is 1. The molecule has 5 aromatic rings. The fourth-order valence-electron chi connectivity index (χ4n) is 5.15. The number of hydrogen-bond acceptors (Lipinski definition) is 8. The lowest BCUT2D eigenvalue weighted by molar-refractivity contribution is -0.128. The molecule has 1 aliphatic rings. The third kappa shape index (κ3) is 3.91. The molecule has 1 amide bonds. The summed E-state index contributed by atoms with van der Waals surface area (Å²) in [5, 5.41) is 23.2. The Morgan fingerprint density at radius 2 is 1.95 bits per heavy atom. The molecule has 4 aromatic heterocycles. The first kappa shape index (κ1) is 23.2. The molecule has 1 fully saturated rings. The zero-order valence-electron chi connectivity index (χ0n) is 20.4. The summed E-state index contributed by atoms with van der Waals surface area (Å²) in [6.07, 6.45) is 6.75. The summed E-state index contributed by atoms with van der Waals surface area (Å²) >= 11 is 0. The first-order chi connectivity index (χ1) is 17.9. The van der Waals surface area contributed by atoms with Gasteiger partial charge in [-0.2, -0.15) is 14.6 Å². The molecule has 3 atom stereocenters. The van der Waals surface area contributed by atoms with Gasteiger partial charge in [-0.05, 0) is 43.9 Å². The van der Waals surface area contributed by atoms with Crippen LogP contribution in [0.4, 0.5) is 5.95 Å². The van der Waals surface area contributed by atoms with E-state index in [4.69, 9.17) is 10.2 Å². The highest BCUT2D eigenvalue weighted by Gasteiger charge is 2.41. The van der Waals surface area contributed by atoms with Crippen LogP contribution in [0.3, 0.4) is 0 Å². The number of hydrogen-bond donors (Lipinski definition) is 3. The van der Waals surface area contributed by atoms with E-state index in [2.05, 4.69) is 25.5 Å². The third-order valence-corrected chi connectivity index (χ3v) is 7.20. The number of aromatic nitrogens is 6. The molecule has 0 aliphatic heterocycles. The Morgan fingerprint density at radius 1 is 1.14 bits per heavy atom. The first-order valence-corrected chi connectivity index (χ1v) is 12.4. The number of anilines is 1. The van der Waals surface area contributed by atoms with Gasteiger partial charge in [0.15, 0.2) is 22.6 Å². The molecule has 3 unspecified atom stereocenters. The van der Waals surface area contributed by atoms with Gasteiger partial charge in [0.2, 0.25) is 11.8 Å². The lowest BCUT2D eigenvalue weighted by Gasteiger charge is -2.32. The second-order valence-corrected chi connectivity index (χ2v) is 9.69. The van der Waals surface area contributed by atoms with Gasteiger partial charge in [-0.25, -0.2) is 9.67 Å². The van der Waals surface area contributed by atoms with Crippen molar-refractivity contribution >= 4 is 28.5 Å². The van der Waals surface area contributed by atoms with Crippen molar-refractivity contribution in [3.63, 3.8) is 0 Å². The molecule has 6 rings (SSSR count). The summed E-state index contributed by atoms with van der Waals surface area (Å²) in [7, 11) is 0. The zero-order valence-corrected chi connectivity index (χ0v) is 20.4. The minimum Gasteiger partial charge on any atom is -0.461 e. The Balaban J connectivity index is 1.48. The van der Waals surface area contributed by atoms with Crippen molar-refractivity contribution < 1.29 is 14.3 Å².